The SMILES string of the molecule is CCCn1nc(C)nc1NC. The highest BCUT2D eigenvalue weighted by Gasteiger charge is 2.02. The summed E-state index contributed by atoms with van der Waals surface area (Å²) in [6.45, 7) is 4.94. The van der Waals surface area contributed by atoms with Gasteiger partial charge in [-0.3, -0.25) is 0 Å². The van der Waals surface area contributed by atoms with Crippen molar-refractivity contribution in [1.82, 2.24) is 14.8 Å². The van der Waals surface area contributed by atoms with E-state index in [2.05, 4.69) is 22.3 Å². The van der Waals surface area contributed by atoms with E-state index in [4.69, 9.17) is 0 Å². The van der Waals surface area contributed by atoms with E-state index in [9.17, 15) is 0 Å². The van der Waals surface area contributed by atoms with Gasteiger partial charge in [0.2, 0.25) is 5.95 Å². The smallest absolute Gasteiger partial charge is 0.221 e. The molecule has 0 saturated heterocycles. The topological polar surface area (TPSA) is 42.7 Å². The molecular weight excluding hydrogens is 140 g/mol. The molecule has 4 nitrogen and oxygen atoms in total. The molecule has 11 heavy (non-hydrogen) atoms. The van der Waals surface area contributed by atoms with Crippen LogP contribution in [0.5, 0.6) is 0 Å². The molecule has 1 aromatic heterocycles. The summed E-state index contributed by atoms with van der Waals surface area (Å²) in [7, 11) is 1.86. The van der Waals surface area contributed by atoms with Crippen LogP contribution in [0.15, 0.2) is 0 Å². The highest BCUT2D eigenvalue weighted by atomic mass is 15.4. The van der Waals surface area contributed by atoms with E-state index in [0.29, 0.717) is 0 Å². The van der Waals surface area contributed by atoms with Gasteiger partial charge in [0.15, 0.2) is 0 Å². The third kappa shape index (κ3) is 1.69. The van der Waals surface area contributed by atoms with Crippen LogP contribution in [-0.2, 0) is 6.54 Å². The Morgan fingerprint density at radius 3 is 2.82 bits per heavy atom. The van der Waals surface area contributed by atoms with Crippen LogP contribution in [0.25, 0.3) is 0 Å². The van der Waals surface area contributed by atoms with Gasteiger partial charge in [-0.25, -0.2) is 4.68 Å². The van der Waals surface area contributed by atoms with Gasteiger partial charge in [0, 0.05) is 13.6 Å². The van der Waals surface area contributed by atoms with E-state index in [1.54, 1.807) is 0 Å². The predicted molar refractivity (Wildman–Crippen MR) is 44.6 cm³/mol. The molecule has 0 aromatic carbocycles. The lowest BCUT2D eigenvalue weighted by atomic mass is 10.5. The van der Waals surface area contributed by atoms with Gasteiger partial charge in [0.05, 0.1) is 0 Å². The average Bonchev–Trinajstić information content (AvgIpc) is 2.32. The van der Waals surface area contributed by atoms with Gasteiger partial charge in [0.25, 0.3) is 0 Å². The van der Waals surface area contributed by atoms with E-state index < -0.39 is 0 Å². The zero-order valence-electron chi connectivity index (χ0n) is 7.26. The van der Waals surface area contributed by atoms with Crippen LogP contribution in [0.3, 0.4) is 0 Å². The minimum absolute atomic E-state index is 0.822. The number of aryl methyl sites for hydroxylation is 2. The van der Waals surface area contributed by atoms with Crippen molar-refractivity contribution in [2.75, 3.05) is 12.4 Å². The molecule has 1 rings (SSSR count). The molecule has 1 heterocycles. The quantitative estimate of drug-likeness (QED) is 0.707. The predicted octanol–water partition coefficient (Wildman–Crippen LogP) is 1.04. The van der Waals surface area contributed by atoms with E-state index in [1.807, 2.05) is 18.7 Å². The fourth-order valence-corrected chi connectivity index (χ4v) is 1.01. The molecule has 0 bridgehead atoms. The Labute approximate surface area is 66.6 Å². The van der Waals surface area contributed by atoms with Crippen molar-refractivity contribution >= 4 is 5.95 Å². The minimum atomic E-state index is 0.822. The number of nitrogens with one attached hydrogen (secondary N) is 1. The molecule has 0 fully saturated rings. The lowest BCUT2D eigenvalue weighted by Crippen LogP contribution is -2.04. The van der Waals surface area contributed by atoms with Gasteiger partial charge >= 0.3 is 0 Å². The Hall–Kier alpha value is -1.06. The van der Waals surface area contributed by atoms with Crippen LogP contribution in [0.2, 0.25) is 0 Å². The van der Waals surface area contributed by atoms with Crippen LogP contribution in [-0.4, -0.2) is 21.8 Å². The second-order valence-corrected chi connectivity index (χ2v) is 2.46. The molecule has 0 amide bonds. The van der Waals surface area contributed by atoms with Crippen molar-refractivity contribution in [3.05, 3.63) is 5.82 Å². The fraction of sp³-hybridized carbons (Fsp3) is 0.714. The van der Waals surface area contributed by atoms with Crippen molar-refractivity contribution in [2.45, 2.75) is 26.8 Å². The summed E-state index contributed by atoms with van der Waals surface area (Å²) in [5.41, 5.74) is 0. The van der Waals surface area contributed by atoms with Crippen LogP contribution in [0.4, 0.5) is 5.95 Å². The Kier molecular flexibility index (Phi) is 2.46. The first-order valence-electron chi connectivity index (χ1n) is 3.87. The summed E-state index contributed by atoms with van der Waals surface area (Å²) < 4.78 is 1.88. The summed E-state index contributed by atoms with van der Waals surface area (Å²) in [5.74, 6) is 1.67. The summed E-state index contributed by atoms with van der Waals surface area (Å²) in [5, 5.41) is 7.20. The number of aromatic nitrogens is 3. The molecule has 0 saturated carbocycles. The molecule has 0 spiro atoms. The third-order valence-electron chi connectivity index (χ3n) is 1.44. The summed E-state index contributed by atoms with van der Waals surface area (Å²) in [6, 6.07) is 0. The number of rotatable bonds is 3. The van der Waals surface area contributed by atoms with Crippen molar-refractivity contribution in [2.24, 2.45) is 0 Å². The second kappa shape index (κ2) is 3.37. The zero-order chi connectivity index (χ0) is 8.27. The maximum Gasteiger partial charge on any atom is 0.221 e. The molecule has 1 N–H and O–H groups in total. The van der Waals surface area contributed by atoms with E-state index in [0.717, 1.165) is 24.7 Å². The summed E-state index contributed by atoms with van der Waals surface area (Å²) in [4.78, 5) is 4.19. The average molecular weight is 154 g/mol. The highest BCUT2D eigenvalue weighted by Crippen LogP contribution is 2.03. The molecule has 0 aliphatic heterocycles. The van der Waals surface area contributed by atoms with E-state index >= 15 is 0 Å². The number of nitrogens with zero attached hydrogens (tertiary/aromatic N) is 3. The molecular formula is C7H14N4. The molecule has 62 valence electrons. The van der Waals surface area contributed by atoms with Crippen molar-refractivity contribution in [1.29, 1.82) is 0 Å². The van der Waals surface area contributed by atoms with Crippen molar-refractivity contribution < 1.29 is 0 Å². The first-order valence-corrected chi connectivity index (χ1v) is 3.87. The largest absolute Gasteiger partial charge is 0.357 e. The van der Waals surface area contributed by atoms with Gasteiger partial charge in [0.1, 0.15) is 5.82 Å². The molecule has 0 aliphatic carbocycles. The monoisotopic (exact) mass is 154 g/mol. The number of hydrogen-bond acceptors (Lipinski definition) is 3. The fourth-order valence-electron chi connectivity index (χ4n) is 1.01. The maximum absolute atomic E-state index is 4.21. The van der Waals surface area contributed by atoms with E-state index in [-0.39, 0.29) is 0 Å². The standard InChI is InChI=1S/C7H14N4/c1-4-5-11-7(8-3)9-6(2)10-11/h4-5H2,1-3H3,(H,8,9,10). The Balaban J connectivity index is 2.83. The lowest BCUT2D eigenvalue weighted by molar-refractivity contribution is 0.604. The van der Waals surface area contributed by atoms with Crippen molar-refractivity contribution in [3.8, 4) is 0 Å². The normalized spacial score (nSPS) is 10.1. The third-order valence-corrected chi connectivity index (χ3v) is 1.44. The Morgan fingerprint density at radius 2 is 2.27 bits per heavy atom. The lowest BCUT2D eigenvalue weighted by Gasteiger charge is -2.00. The second-order valence-electron chi connectivity index (χ2n) is 2.46. The van der Waals surface area contributed by atoms with Gasteiger partial charge in [-0.05, 0) is 13.3 Å². The molecule has 0 aliphatic rings. The van der Waals surface area contributed by atoms with Crippen LogP contribution >= 0.6 is 0 Å². The first kappa shape index (κ1) is 8.04. The van der Waals surface area contributed by atoms with Gasteiger partial charge in [-0.1, -0.05) is 6.92 Å². The number of hydrogen-bond donors (Lipinski definition) is 1. The molecule has 1 aromatic rings. The minimum Gasteiger partial charge on any atom is -0.357 e. The molecule has 4 heteroatoms. The molecule has 0 radical (unpaired) electrons. The van der Waals surface area contributed by atoms with Crippen LogP contribution < -0.4 is 5.32 Å². The van der Waals surface area contributed by atoms with E-state index in [1.165, 1.54) is 0 Å². The molecule has 0 unspecified atom stereocenters. The number of anilines is 1. The van der Waals surface area contributed by atoms with Crippen molar-refractivity contribution in [3.63, 3.8) is 0 Å². The highest BCUT2D eigenvalue weighted by molar-refractivity contribution is 5.22. The zero-order valence-corrected chi connectivity index (χ0v) is 7.26. The van der Waals surface area contributed by atoms with Crippen LogP contribution in [0, 0.1) is 6.92 Å². The van der Waals surface area contributed by atoms with Gasteiger partial charge in [-0.2, -0.15) is 10.1 Å². The first-order chi connectivity index (χ1) is 5.27. The van der Waals surface area contributed by atoms with Gasteiger partial charge in [-0.15, -0.1) is 0 Å². The van der Waals surface area contributed by atoms with Gasteiger partial charge < -0.3 is 5.32 Å². The Morgan fingerprint density at radius 1 is 1.55 bits per heavy atom. The van der Waals surface area contributed by atoms with Crippen LogP contribution in [0.1, 0.15) is 19.2 Å². The maximum atomic E-state index is 4.21. The summed E-state index contributed by atoms with van der Waals surface area (Å²) >= 11 is 0. The molecule has 0 atom stereocenters. The summed E-state index contributed by atoms with van der Waals surface area (Å²) in [6.07, 6.45) is 1.08. The Bertz CT molecular complexity index is 228.